The molecule has 1 aliphatic rings. The van der Waals surface area contributed by atoms with Crippen LogP contribution in [0, 0.1) is 16.0 Å². The van der Waals surface area contributed by atoms with Crippen molar-refractivity contribution in [3.8, 4) is 0 Å². The highest BCUT2D eigenvalue weighted by molar-refractivity contribution is 6.28. The Morgan fingerprint density at radius 3 is 2.48 bits per heavy atom. The zero-order valence-electron chi connectivity index (χ0n) is 13.1. The Kier molecular flexibility index (Phi) is 5.24. The average Bonchev–Trinajstić information content (AvgIpc) is 3.38. The molecular formula is C16H14F3NO5. The highest BCUT2D eigenvalue weighted by Gasteiger charge is 2.38. The Morgan fingerprint density at radius 1 is 1.36 bits per heavy atom. The molecule has 1 saturated carbocycles. The number of Topliss-reactive ketones (excluding diaryl/α,β-unsaturated/α-hetero) is 2. The first-order chi connectivity index (χ1) is 11.7. The Hall–Kier alpha value is -2.71. The second-order valence-corrected chi connectivity index (χ2v) is 5.44. The zero-order valence-corrected chi connectivity index (χ0v) is 13.1. The van der Waals surface area contributed by atoms with Gasteiger partial charge in [-0.05, 0) is 31.9 Å². The predicted molar refractivity (Wildman–Crippen MR) is 79.9 cm³/mol. The van der Waals surface area contributed by atoms with Crippen LogP contribution in [-0.2, 0) is 15.7 Å². The molecule has 0 atom stereocenters. The van der Waals surface area contributed by atoms with Gasteiger partial charge in [0.1, 0.15) is 11.1 Å². The number of ether oxygens (including phenoxy) is 1. The van der Waals surface area contributed by atoms with Crippen molar-refractivity contribution in [2.75, 3.05) is 6.61 Å². The Labute approximate surface area is 140 Å². The molecule has 1 fully saturated rings. The molecule has 0 heterocycles. The van der Waals surface area contributed by atoms with Gasteiger partial charge in [0.2, 0.25) is 5.78 Å². The van der Waals surface area contributed by atoms with Crippen LogP contribution in [0.2, 0.25) is 0 Å². The SMILES string of the molecule is CCOC=C(C(=O)c1ccc(C(F)(F)F)cc1[N+](=O)[O-])C(=O)C1CC1. The minimum atomic E-state index is -4.79. The van der Waals surface area contributed by atoms with E-state index in [1.54, 1.807) is 6.92 Å². The van der Waals surface area contributed by atoms with Gasteiger partial charge in [0.25, 0.3) is 5.69 Å². The summed E-state index contributed by atoms with van der Waals surface area (Å²) in [5.41, 5.74) is -3.24. The van der Waals surface area contributed by atoms with Gasteiger partial charge in [-0.25, -0.2) is 0 Å². The van der Waals surface area contributed by atoms with Crippen molar-refractivity contribution in [3.63, 3.8) is 0 Å². The van der Waals surface area contributed by atoms with Gasteiger partial charge in [0.15, 0.2) is 5.78 Å². The number of ketones is 2. The number of carbonyl (C=O) groups is 2. The number of rotatable bonds is 7. The quantitative estimate of drug-likeness (QED) is 0.141. The summed E-state index contributed by atoms with van der Waals surface area (Å²) in [4.78, 5) is 34.8. The number of alkyl halides is 3. The molecule has 134 valence electrons. The van der Waals surface area contributed by atoms with Crippen molar-refractivity contribution < 1.29 is 32.4 Å². The van der Waals surface area contributed by atoms with Gasteiger partial charge in [0.05, 0.1) is 23.4 Å². The summed E-state index contributed by atoms with van der Waals surface area (Å²) in [6.07, 6.45) is -2.69. The smallest absolute Gasteiger partial charge is 0.416 e. The monoisotopic (exact) mass is 357 g/mol. The van der Waals surface area contributed by atoms with E-state index < -0.39 is 45.1 Å². The summed E-state index contributed by atoms with van der Waals surface area (Å²) in [6.45, 7) is 1.77. The number of carbonyl (C=O) groups excluding carboxylic acids is 2. The van der Waals surface area contributed by atoms with Gasteiger partial charge in [0, 0.05) is 12.0 Å². The van der Waals surface area contributed by atoms with Crippen LogP contribution in [0.25, 0.3) is 0 Å². The summed E-state index contributed by atoms with van der Waals surface area (Å²) >= 11 is 0. The molecular weight excluding hydrogens is 343 g/mol. The van der Waals surface area contributed by atoms with Crippen LogP contribution in [-0.4, -0.2) is 23.1 Å². The van der Waals surface area contributed by atoms with Crippen molar-refractivity contribution in [1.82, 2.24) is 0 Å². The largest absolute Gasteiger partial charge is 0.501 e. The van der Waals surface area contributed by atoms with Gasteiger partial charge in [-0.3, -0.25) is 19.7 Å². The van der Waals surface area contributed by atoms with E-state index in [9.17, 15) is 32.9 Å². The first-order valence-corrected chi connectivity index (χ1v) is 7.43. The van der Waals surface area contributed by atoms with E-state index in [2.05, 4.69) is 0 Å². The molecule has 0 bridgehead atoms. The van der Waals surface area contributed by atoms with Crippen LogP contribution >= 0.6 is 0 Å². The molecule has 0 aromatic heterocycles. The van der Waals surface area contributed by atoms with E-state index in [-0.39, 0.29) is 18.6 Å². The first kappa shape index (κ1) is 18.6. The van der Waals surface area contributed by atoms with E-state index in [1.165, 1.54) is 0 Å². The van der Waals surface area contributed by atoms with Crippen LogP contribution in [0.5, 0.6) is 0 Å². The molecule has 0 spiro atoms. The lowest BCUT2D eigenvalue weighted by atomic mass is 9.96. The fraction of sp³-hybridized carbons (Fsp3) is 0.375. The van der Waals surface area contributed by atoms with Crippen LogP contribution in [0.4, 0.5) is 18.9 Å². The number of hydrogen-bond acceptors (Lipinski definition) is 5. The molecule has 1 aliphatic carbocycles. The number of nitro groups is 1. The number of hydrogen-bond donors (Lipinski definition) is 0. The standard InChI is InChI=1S/C16H14F3NO5/c1-2-25-8-12(14(21)9-3-4-9)15(22)11-6-5-10(16(17,18)19)7-13(11)20(23)24/h5-9H,2-4H2,1H3. The molecule has 6 nitrogen and oxygen atoms in total. The Morgan fingerprint density at radius 2 is 2.00 bits per heavy atom. The van der Waals surface area contributed by atoms with Crippen LogP contribution in [0.3, 0.4) is 0 Å². The van der Waals surface area contributed by atoms with Gasteiger partial charge in [-0.2, -0.15) is 13.2 Å². The zero-order chi connectivity index (χ0) is 18.8. The third-order valence-electron chi connectivity index (χ3n) is 3.59. The topological polar surface area (TPSA) is 86.5 Å². The number of nitro benzene ring substituents is 1. The van der Waals surface area contributed by atoms with Crippen LogP contribution in [0.1, 0.15) is 35.7 Å². The van der Waals surface area contributed by atoms with Gasteiger partial charge >= 0.3 is 6.18 Å². The van der Waals surface area contributed by atoms with E-state index in [1.807, 2.05) is 0 Å². The highest BCUT2D eigenvalue weighted by atomic mass is 19.4. The lowest BCUT2D eigenvalue weighted by molar-refractivity contribution is -0.385. The summed E-state index contributed by atoms with van der Waals surface area (Å²) in [6, 6.07) is 1.57. The molecule has 0 amide bonds. The molecule has 0 N–H and O–H groups in total. The van der Waals surface area contributed by atoms with Gasteiger partial charge in [-0.1, -0.05) is 0 Å². The normalized spacial score (nSPS) is 15.0. The third kappa shape index (κ3) is 4.23. The number of nitrogens with zero attached hydrogens (tertiary/aromatic N) is 1. The fourth-order valence-corrected chi connectivity index (χ4v) is 2.15. The molecule has 1 aromatic rings. The lowest BCUT2D eigenvalue weighted by Crippen LogP contribution is -2.17. The van der Waals surface area contributed by atoms with E-state index in [4.69, 9.17) is 4.74 Å². The van der Waals surface area contributed by atoms with E-state index in [0.29, 0.717) is 25.0 Å². The van der Waals surface area contributed by atoms with Crippen molar-refractivity contribution in [2.45, 2.75) is 25.9 Å². The lowest BCUT2D eigenvalue weighted by Gasteiger charge is -2.10. The van der Waals surface area contributed by atoms with Crippen molar-refractivity contribution in [2.24, 2.45) is 5.92 Å². The molecule has 0 aliphatic heterocycles. The van der Waals surface area contributed by atoms with Crippen LogP contribution in [0.15, 0.2) is 30.0 Å². The van der Waals surface area contributed by atoms with E-state index in [0.717, 1.165) is 6.26 Å². The number of benzene rings is 1. The molecule has 25 heavy (non-hydrogen) atoms. The van der Waals surface area contributed by atoms with Crippen LogP contribution < -0.4 is 0 Å². The third-order valence-corrected chi connectivity index (χ3v) is 3.59. The molecule has 1 aromatic carbocycles. The van der Waals surface area contributed by atoms with Crippen molar-refractivity contribution >= 4 is 17.3 Å². The Balaban J connectivity index is 2.48. The second kappa shape index (κ2) is 7.04. The predicted octanol–water partition coefficient (Wildman–Crippen LogP) is 3.70. The number of halogens is 3. The van der Waals surface area contributed by atoms with Gasteiger partial charge < -0.3 is 4.74 Å². The summed E-state index contributed by atoms with van der Waals surface area (Å²) in [7, 11) is 0. The average molecular weight is 357 g/mol. The molecule has 0 saturated heterocycles. The highest BCUT2D eigenvalue weighted by Crippen LogP contribution is 2.36. The van der Waals surface area contributed by atoms with E-state index >= 15 is 0 Å². The maximum absolute atomic E-state index is 12.7. The minimum absolute atomic E-state index is 0.157. The Bertz CT molecular complexity index is 751. The molecule has 9 heteroatoms. The number of allylic oxidation sites excluding steroid dienone is 1. The fourth-order valence-electron chi connectivity index (χ4n) is 2.15. The molecule has 0 radical (unpaired) electrons. The summed E-state index contributed by atoms with van der Waals surface area (Å²) in [5.74, 6) is -1.90. The van der Waals surface area contributed by atoms with Crippen molar-refractivity contribution in [3.05, 3.63) is 51.3 Å². The molecule has 2 rings (SSSR count). The van der Waals surface area contributed by atoms with Gasteiger partial charge in [-0.15, -0.1) is 0 Å². The first-order valence-electron chi connectivity index (χ1n) is 7.43. The molecule has 0 unspecified atom stereocenters. The maximum Gasteiger partial charge on any atom is 0.416 e. The minimum Gasteiger partial charge on any atom is -0.501 e. The summed E-state index contributed by atoms with van der Waals surface area (Å²) < 4.78 is 43.2. The second-order valence-electron chi connectivity index (χ2n) is 5.44. The van der Waals surface area contributed by atoms with Crippen molar-refractivity contribution in [1.29, 1.82) is 0 Å². The maximum atomic E-state index is 12.7. The summed E-state index contributed by atoms with van der Waals surface area (Å²) in [5, 5.41) is 11.1.